The Kier molecular flexibility index (Phi) is 7.87. The number of amides is 1. The van der Waals surface area contributed by atoms with Crippen molar-refractivity contribution < 1.29 is 18.7 Å². The molecule has 3 atom stereocenters. The molecule has 5 nitrogen and oxygen atoms in total. The molecule has 1 amide bonds. The first-order chi connectivity index (χ1) is 15.5. The average molecular weight is 461 g/mol. The number of hydrogen-bond acceptors (Lipinski definition) is 4. The van der Waals surface area contributed by atoms with Crippen LogP contribution >= 0.6 is 0 Å². The van der Waals surface area contributed by atoms with Crippen LogP contribution in [0.2, 0.25) is 0 Å². The number of nitrogens with two attached hydrogens (primary N) is 1. The van der Waals surface area contributed by atoms with E-state index in [9.17, 15) is 9.59 Å². The van der Waals surface area contributed by atoms with Gasteiger partial charge in [0.05, 0.1) is 11.1 Å². The first kappa shape index (κ1) is 25.7. The Morgan fingerprint density at radius 1 is 1.15 bits per heavy atom. The van der Waals surface area contributed by atoms with Crippen LogP contribution in [-0.4, -0.2) is 30.1 Å². The Morgan fingerprint density at radius 3 is 2.48 bits per heavy atom. The van der Waals surface area contributed by atoms with E-state index in [1.165, 1.54) is 11.0 Å². The Balaban J connectivity index is 2.12. The molecule has 1 aromatic rings. The number of carbonyl (C=O) groups is 2. The summed E-state index contributed by atoms with van der Waals surface area (Å²) in [6, 6.07) is 3.14. The maximum Gasteiger partial charge on any atom is 0.414 e. The minimum absolute atomic E-state index is 0.131. The van der Waals surface area contributed by atoms with Crippen LogP contribution in [0.4, 0.5) is 14.9 Å². The van der Waals surface area contributed by atoms with Crippen LogP contribution in [0.5, 0.6) is 0 Å². The Bertz CT molecular complexity index is 879. The van der Waals surface area contributed by atoms with E-state index in [1.807, 2.05) is 34.6 Å². The molecule has 184 valence electrons. The van der Waals surface area contributed by atoms with Crippen LogP contribution in [0.3, 0.4) is 0 Å². The number of ether oxygens (including phenoxy) is 1. The largest absolute Gasteiger partial charge is 0.443 e. The first-order valence-electron chi connectivity index (χ1n) is 12.7. The van der Waals surface area contributed by atoms with Crippen molar-refractivity contribution in [2.45, 2.75) is 109 Å². The molecule has 0 aliphatic heterocycles. The number of carbonyl (C=O) groups excluding carboxylic acids is 2. The van der Waals surface area contributed by atoms with Crippen molar-refractivity contribution in [3.63, 3.8) is 0 Å². The molecule has 0 spiro atoms. The van der Waals surface area contributed by atoms with Crippen LogP contribution in [-0.2, 0) is 21.4 Å². The van der Waals surface area contributed by atoms with E-state index in [0.29, 0.717) is 31.5 Å². The normalized spacial score (nSPS) is 26.2. The van der Waals surface area contributed by atoms with Crippen LogP contribution in [0.15, 0.2) is 12.1 Å². The highest BCUT2D eigenvalue weighted by Gasteiger charge is 2.49. The minimum atomic E-state index is -0.727. The van der Waals surface area contributed by atoms with Gasteiger partial charge in [0.25, 0.3) is 0 Å². The Labute approximate surface area is 198 Å². The van der Waals surface area contributed by atoms with E-state index in [-0.39, 0.29) is 17.7 Å². The summed E-state index contributed by atoms with van der Waals surface area (Å²) >= 11 is 0. The second kappa shape index (κ2) is 10.1. The summed E-state index contributed by atoms with van der Waals surface area (Å²) < 4.78 is 20.7. The molecule has 0 heterocycles. The van der Waals surface area contributed by atoms with E-state index >= 15 is 4.39 Å². The van der Waals surface area contributed by atoms with Gasteiger partial charge < -0.3 is 10.5 Å². The van der Waals surface area contributed by atoms with Crippen molar-refractivity contribution in [1.29, 1.82) is 0 Å². The maximum absolute atomic E-state index is 15.1. The number of benzene rings is 1. The zero-order valence-corrected chi connectivity index (χ0v) is 21.0. The number of hydrogen-bond donors (Lipinski definition) is 1. The number of anilines is 1. The molecule has 1 fully saturated rings. The zero-order valence-electron chi connectivity index (χ0n) is 21.0. The quantitative estimate of drug-likeness (QED) is 0.594. The Morgan fingerprint density at radius 2 is 1.85 bits per heavy atom. The van der Waals surface area contributed by atoms with Gasteiger partial charge in [-0.05, 0) is 95.4 Å². The van der Waals surface area contributed by atoms with Gasteiger partial charge in [-0.25, -0.2) is 9.18 Å². The second-order valence-electron chi connectivity index (χ2n) is 10.7. The summed E-state index contributed by atoms with van der Waals surface area (Å²) in [5, 5.41) is 0. The van der Waals surface area contributed by atoms with Crippen molar-refractivity contribution in [3.05, 3.63) is 29.1 Å². The first-order valence-corrected chi connectivity index (χ1v) is 12.7. The molecule has 2 aliphatic carbocycles. The number of ketones is 1. The van der Waals surface area contributed by atoms with Gasteiger partial charge in [-0.1, -0.05) is 19.8 Å². The van der Waals surface area contributed by atoms with Gasteiger partial charge in [0.1, 0.15) is 17.2 Å². The fraction of sp³-hybridized carbons (Fsp3) is 0.704. The number of fused-ring (bicyclic) bond motifs is 1. The van der Waals surface area contributed by atoms with Gasteiger partial charge in [0.2, 0.25) is 0 Å². The van der Waals surface area contributed by atoms with Gasteiger partial charge in [0.15, 0.2) is 0 Å². The Hall–Kier alpha value is -1.95. The summed E-state index contributed by atoms with van der Waals surface area (Å²) in [5.41, 5.74) is 7.14. The third kappa shape index (κ3) is 5.26. The fourth-order valence-electron chi connectivity index (χ4n) is 5.97. The molecule has 2 unspecified atom stereocenters. The summed E-state index contributed by atoms with van der Waals surface area (Å²) in [7, 11) is 0. The number of halogens is 1. The lowest BCUT2D eigenvalue weighted by Crippen LogP contribution is -2.47. The highest BCUT2D eigenvalue weighted by atomic mass is 19.1. The highest BCUT2D eigenvalue weighted by molar-refractivity contribution is 5.96. The maximum atomic E-state index is 15.1. The summed E-state index contributed by atoms with van der Waals surface area (Å²) in [5.74, 6) is -0.0824. The minimum Gasteiger partial charge on any atom is -0.443 e. The highest BCUT2D eigenvalue weighted by Crippen LogP contribution is 2.49. The van der Waals surface area contributed by atoms with E-state index in [1.54, 1.807) is 6.07 Å². The second-order valence-corrected chi connectivity index (χ2v) is 10.7. The molecule has 1 aromatic carbocycles. The van der Waals surface area contributed by atoms with E-state index in [2.05, 4.69) is 0 Å². The molecular weight excluding hydrogens is 419 g/mol. The van der Waals surface area contributed by atoms with Crippen molar-refractivity contribution in [3.8, 4) is 0 Å². The van der Waals surface area contributed by atoms with Crippen LogP contribution in [0.1, 0.15) is 97.1 Å². The lowest BCUT2D eigenvalue weighted by atomic mass is 9.58. The van der Waals surface area contributed by atoms with E-state index in [4.69, 9.17) is 10.5 Å². The van der Waals surface area contributed by atoms with Gasteiger partial charge in [-0.3, -0.25) is 9.69 Å². The standard InChI is InChI=1S/C27H41FN2O3/c1-6-27(18-10-8-9-11-20(29)13-12-18)22-16-19(28)17-23(21(22)14-15-24(27)31)30(7-2)25(32)33-26(3,4)5/h16-18,20H,6-15,29H2,1-5H3/t18?,20-,27?/m1/s1. The molecule has 6 heteroatoms. The van der Waals surface area contributed by atoms with E-state index < -0.39 is 22.9 Å². The molecular formula is C27H41FN2O3. The van der Waals surface area contributed by atoms with E-state index in [0.717, 1.165) is 49.7 Å². The molecule has 0 bridgehead atoms. The number of Topliss-reactive ketones (excluding diaryl/α,β-unsaturated/α-hetero) is 1. The molecule has 0 saturated heterocycles. The summed E-state index contributed by atoms with van der Waals surface area (Å²) in [6.45, 7) is 9.72. The monoisotopic (exact) mass is 460 g/mol. The average Bonchev–Trinajstić information content (AvgIpc) is 2.71. The predicted octanol–water partition coefficient (Wildman–Crippen LogP) is 6.05. The molecule has 0 aromatic heterocycles. The topological polar surface area (TPSA) is 72.6 Å². The molecule has 3 rings (SSSR count). The third-order valence-electron chi connectivity index (χ3n) is 7.51. The summed E-state index contributed by atoms with van der Waals surface area (Å²) in [4.78, 5) is 28.1. The van der Waals surface area contributed by atoms with Gasteiger partial charge >= 0.3 is 6.09 Å². The van der Waals surface area contributed by atoms with Crippen LogP contribution in [0, 0.1) is 11.7 Å². The zero-order chi connectivity index (χ0) is 24.4. The predicted molar refractivity (Wildman–Crippen MR) is 130 cm³/mol. The number of rotatable bonds is 4. The van der Waals surface area contributed by atoms with Gasteiger partial charge in [0, 0.05) is 19.0 Å². The smallest absolute Gasteiger partial charge is 0.414 e. The van der Waals surface area contributed by atoms with Crippen LogP contribution in [0.25, 0.3) is 0 Å². The van der Waals surface area contributed by atoms with Crippen molar-refractivity contribution >= 4 is 17.6 Å². The van der Waals surface area contributed by atoms with Crippen LogP contribution < -0.4 is 10.6 Å². The van der Waals surface area contributed by atoms with Crippen molar-refractivity contribution in [2.24, 2.45) is 11.7 Å². The molecule has 1 saturated carbocycles. The lowest BCUT2D eigenvalue weighted by Gasteiger charge is -2.45. The van der Waals surface area contributed by atoms with Crippen molar-refractivity contribution in [2.75, 3.05) is 11.4 Å². The van der Waals surface area contributed by atoms with Gasteiger partial charge in [-0.15, -0.1) is 0 Å². The SMILES string of the molecule is CCN(C(=O)OC(C)(C)C)c1cc(F)cc2c1CCC(=O)C2(CC)C1CCCC[C@@H](N)CC1. The molecule has 2 aliphatic rings. The summed E-state index contributed by atoms with van der Waals surface area (Å²) in [6.07, 6.45) is 6.88. The lowest BCUT2D eigenvalue weighted by molar-refractivity contribution is -0.128. The molecule has 33 heavy (non-hydrogen) atoms. The fourth-order valence-corrected chi connectivity index (χ4v) is 5.97. The number of nitrogens with zero attached hydrogens (tertiary/aromatic N) is 1. The van der Waals surface area contributed by atoms with Crippen molar-refractivity contribution in [1.82, 2.24) is 0 Å². The third-order valence-corrected chi connectivity index (χ3v) is 7.51. The van der Waals surface area contributed by atoms with Gasteiger partial charge in [-0.2, -0.15) is 0 Å². The molecule has 0 radical (unpaired) electrons. The molecule has 2 N–H and O–H groups in total.